The lowest BCUT2D eigenvalue weighted by atomic mass is 10.2. The summed E-state index contributed by atoms with van der Waals surface area (Å²) >= 11 is 15.2. The average Bonchev–Trinajstić information content (AvgIpc) is 2.34. The highest BCUT2D eigenvalue weighted by atomic mass is 79.9. The normalized spacial score (nSPS) is 10.4. The Hall–Kier alpha value is -0.770. The third-order valence-electron chi connectivity index (χ3n) is 2.28. The van der Waals surface area contributed by atoms with E-state index in [2.05, 4.69) is 15.9 Å². The Bertz CT molecular complexity index is 523. The maximum absolute atomic E-state index is 13.1. The molecule has 0 aliphatic carbocycles. The molecule has 0 saturated heterocycles. The summed E-state index contributed by atoms with van der Waals surface area (Å²) in [6.07, 6.45) is 0. The number of halogens is 4. The van der Waals surface area contributed by atoms with Gasteiger partial charge in [0, 0.05) is 21.7 Å². The van der Waals surface area contributed by atoms with E-state index >= 15 is 0 Å². The molecule has 18 heavy (non-hydrogen) atoms. The van der Waals surface area contributed by atoms with Crippen LogP contribution in [0.4, 0.5) is 4.39 Å². The van der Waals surface area contributed by atoms with Gasteiger partial charge < -0.3 is 4.74 Å². The molecule has 1 nitrogen and oxygen atoms in total. The van der Waals surface area contributed by atoms with E-state index in [-0.39, 0.29) is 12.4 Å². The number of hydrogen-bond donors (Lipinski definition) is 0. The SMILES string of the molecule is Fc1ccc(Br)c(OCc2cc(Cl)ccc2Cl)c1. The van der Waals surface area contributed by atoms with E-state index < -0.39 is 0 Å². The smallest absolute Gasteiger partial charge is 0.136 e. The van der Waals surface area contributed by atoms with Crippen molar-refractivity contribution >= 4 is 39.1 Å². The minimum absolute atomic E-state index is 0.224. The van der Waals surface area contributed by atoms with Crippen LogP contribution in [0.2, 0.25) is 10.0 Å². The molecule has 2 rings (SSSR count). The average molecular weight is 350 g/mol. The first-order chi connectivity index (χ1) is 8.56. The van der Waals surface area contributed by atoms with E-state index in [1.54, 1.807) is 24.3 Å². The van der Waals surface area contributed by atoms with Crippen LogP contribution >= 0.6 is 39.1 Å². The van der Waals surface area contributed by atoms with Crippen molar-refractivity contribution in [1.29, 1.82) is 0 Å². The zero-order chi connectivity index (χ0) is 13.1. The third kappa shape index (κ3) is 3.37. The Kier molecular flexibility index (Phi) is 4.49. The van der Waals surface area contributed by atoms with Gasteiger partial charge in [0.2, 0.25) is 0 Å². The molecule has 0 aliphatic rings. The number of ether oxygens (including phenoxy) is 1. The standard InChI is InChI=1S/C13H8BrCl2FO/c14-11-3-2-10(17)6-13(11)18-7-8-5-9(15)1-4-12(8)16/h1-6H,7H2. The van der Waals surface area contributed by atoms with E-state index in [9.17, 15) is 4.39 Å². The third-order valence-corrected chi connectivity index (χ3v) is 3.54. The van der Waals surface area contributed by atoms with Crippen LogP contribution in [0.15, 0.2) is 40.9 Å². The molecule has 2 aromatic carbocycles. The first-order valence-corrected chi connectivity index (χ1v) is 6.63. The molecule has 0 atom stereocenters. The summed E-state index contributed by atoms with van der Waals surface area (Å²) in [7, 11) is 0. The number of rotatable bonds is 3. The molecule has 0 aliphatic heterocycles. The first kappa shape index (κ1) is 13.7. The fourth-order valence-corrected chi connectivity index (χ4v) is 2.13. The van der Waals surface area contributed by atoms with E-state index in [1.807, 2.05) is 0 Å². The Balaban J connectivity index is 2.16. The summed E-state index contributed by atoms with van der Waals surface area (Å²) < 4.78 is 19.3. The summed E-state index contributed by atoms with van der Waals surface area (Å²) in [6, 6.07) is 9.36. The largest absolute Gasteiger partial charge is 0.488 e. The van der Waals surface area contributed by atoms with Crippen molar-refractivity contribution in [2.45, 2.75) is 6.61 Å². The van der Waals surface area contributed by atoms with Crippen LogP contribution in [0, 0.1) is 5.82 Å². The second kappa shape index (κ2) is 5.91. The van der Waals surface area contributed by atoms with Gasteiger partial charge in [-0.25, -0.2) is 4.39 Å². The predicted octanol–water partition coefficient (Wildman–Crippen LogP) is 5.47. The molecule has 5 heteroatoms. The molecular weight excluding hydrogens is 342 g/mol. The van der Waals surface area contributed by atoms with Crippen LogP contribution in [0.3, 0.4) is 0 Å². The second-order valence-corrected chi connectivity index (χ2v) is 5.30. The second-order valence-electron chi connectivity index (χ2n) is 3.60. The lowest BCUT2D eigenvalue weighted by Crippen LogP contribution is -1.97. The van der Waals surface area contributed by atoms with E-state index in [1.165, 1.54) is 12.1 Å². The molecular formula is C13H8BrCl2FO. The molecule has 0 unspecified atom stereocenters. The zero-order valence-electron chi connectivity index (χ0n) is 9.09. The van der Waals surface area contributed by atoms with Gasteiger partial charge in [0.25, 0.3) is 0 Å². The Labute approximate surface area is 123 Å². The van der Waals surface area contributed by atoms with Crippen LogP contribution in [0.25, 0.3) is 0 Å². The highest BCUT2D eigenvalue weighted by Gasteiger charge is 2.06. The first-order valence-electron chi connectivity index (χ1n) is 5.08. The van der Waals surface area contributed by atoms with Gasteiger partial charge in [0.15, 0.2) is 0 Å². The van der Waals surface area contributed by atoms with Crippen molar-refractivity contribution in [2.75, 3.05) is 0 Å². The van der Waals surface area contributed by atoms with Crippen LogP contribution in [-0.4, -0.2) is 0 Å². The maximum Gasteiger partial charge on any atom is 0.136 e. The van der Waals surface area contributed by atoms with Crippen LogP contribution < -0.4 is 4.74 Å². The van der Waals surface area contributed by atoms with Crippen LogP contribution in [0.5, 0.6) is 5.75 Å². The highest BCUT2D eigenvalue weighted by molar-refractivity contribution is 9.10. The van der Waals surface area contributed by atoms with Gasteiger partial charge in [0.1, 0.15) is 18.2 Å². The van der Waals surface area contributed by atoms with Gasteiger partial charge in [-0.05, 0) is 46.3 Å². The predicted molar refractivity (Wildman–Crippen MR) is 74.9 cm³/mol. The maximum atomic E-state index is 13.1. The quantitative estimate of drug-likeness (QED) is 0.713. The summed E-state index contributed by atoms with van der Waals surface area (Å²) in [5, 5.41) is 1.14. The van der Waals surface area contributed by atoms with Crippen molar-refractivity contribution in [2.24, 2.45) is 0 Å². The van der Waals surface area contributed by atoms with Gasteiger partial charge in [0.05, 0.1) is 4.47 Å². The van der Waals surface area contributed by atoms with Crippen molar-refractivity contribution < 1.29 is 9.13 Å². The monoisotopic (exact) mass is 348 g/mol. The summed E-state index contributed by atoms with van der Waals surface area (Å²) in [6.45, 7) is 0.224. The topological polar surface area (TPSA) is 9.23 Å². The van der Waals surface area contributed by atoms with E-state index in [4.69, 9.17) is 27.9 Å². The molecule has 0 saturated carbocycles. The number of hydrogen-bond acceptors (Lipinski definition) is 1. The Morgan fingerprint density at radius 3 is 2.67 bits per heavy atom. The molecule has 0 fully saturated rings. The fraction of sp³-hybridized carbons (Fsp3) is 0.0769. The van der Waals surface area contributed by atoms with Crippen molar-refractivity contribution in [3.05, 3.63) is 62.3 Å². The van der Waals surface area contributed by atoms with Gasteiger partial charge in [-0.1, -0.05) is 23.2 Å². The molecule has 0 amide bonds. The molecule has 0 spiro atoms. The van der Waals surface area contributed by atoms with Gasteiger partial charge in [-0.2, -0.15) is 0 Å². The molecule has 0 bridgehead atoms. The zero-order valence-corrected chi connectivity index (χ0v) is 12.2. The lowest BCUT2D eigenvalue weighted by Gasteiger charge is -2.09. The summed E-state index contributed by atoms with van der Waals surface area (Å²) in [5.41, 5.74) is 0.750. The van der Waals surface area contributed by atoms with Gasteiger partial charge >= 0.3 is 0 Å². The Morgan fingerprint density at radius 2 is 1.89 bits per heavy atom. The summed E-state index contributed by atoms with van der Waals surface area (Å²) in [5.74, 6) is 0.0661. The fourth-order valence-electron chi connectivity index (χ4n) is 1.40. The molecule has 94 valence electrons. The van der Waals surface area contributed by atoms with Crippen LogP contribution in [-0.2, 0) is 6.61 Å². The van der Waals surface area contributed by atoms with Gasteiger partial charge in [-0.3, -0.25) is 0 Å². The Morgan fingerprint density at radius 1 is 1.11 bits per heavy atom. The highest BCUT2D eigenvalue weighted by Crippen LogP contribution is 2.28. The molecule has 0 radical (unpaired) electrons. The lowest BCUT2D eigenvalue weighted by molar-refractivity contribution is 0.302. The molecule has 0 N–H and O–H groups in total. The molecule has 0 heterocycles. The minimum atomic E-state index is -0.356. The van der Waals surface area contributed by atoms with Crippen molar-refractivity contribution in [1.82, 2.24) is 0 Å². The molecule has 0 aromatic heterocycles. The minimum Gasteiger partial charge on any atom is -0.488 e. The molecule has 2 aromatic rings. The van der Waals surface area contributed by atoms with E-state index in [0.29, 0.717) is 20.3 Å². The van der Waals surface area contributed by atoms with Crippen molar-refractivity contribution in [3.63, 3.8) is 0 Å². The van der Waals surface area contributed by atoms with E-state index in [0.717, 1.165) is 5.56 Å². The van der Waals surface area contributed by atoms with Crippen LogP contribution in [0.1, 0.15) is 5.56 Å². The van der Waals surface area contributed by atoms with Gasteiger partial charge in [-0.15, -0.1) is 0 Å². The number of benzene rings is 2. The summed E-state index contributed by atoms with van der Waals surface area (Å²) in [4.78, 5) is 0. The van der Waals surface area contributed by atoms with Crippen molar-refractivity contribution in [3.8, 4) is 5.75 Å².